The molecule has 0 saturated carbocycles. The maximum Gasteiger partial charge on any atom is 0.139 e. The number of pyridine rings is 1. The van der Waals surface area contributed by atoms with Gasteiger partial charge in [0.2, 0.25) is 0 Å². The predicted octanol–water partition coefficient (Wildman–Crippen LogP) is 13.6. The van der Waals surface area contributed by atoms with Gasteiger partial charge in [-0.1, -0.05) is 124 Å². The summed E-state index contributed by atoms with van der Waals surface area (Å²) in [5, 5.41) is 4.60. The lowest BCUT2D eigenvalue weighted by molar-refractivity contribution is 0.479. The lowest BCUT2D eigenvalue weighted by atomic mass is 9.86. The van der Waals surface area contributed by atoms with Gasteiger partial charge in [-0.3, -0.25) is 4.57 Å². The van der Waals surface area contributed by atoms with Crippen molar-refractivity contribution in [2.75, 3.05) is 16.5 Å². The Bertz CT molecular complexity index is 3250. The summed E-state index contributed by atoms with van der Waals surface area (Å²) in [4.78, 5) is 9.87. The van der Waals surface area contributed by atoms with Gasteiger partial charge in [0.05, 0.1) is 34.4 Å². The Morgan fingerprint density at radius 3 is 1.80 bits per heavy atom. The van der Waals surface area contributed by atoms with E-state index in [1.54, 1.807) is 0 Å². The molecule has 0 aliphatic carbocycles. The van der Waals surface area contributed by atoms with Crippen molar-refractivity contribution in [3.8, 4) is 23.0 Å². The van der Waals surface area contributed by atoms with E-state index >= 15 is 0 Å². The van der Waals surface area contributed by atoms with Gasteiger partial charge < -0.3 is 19.1 Å². The van der Waals surface area contributed by atoms with Gasteiger partial charge in [-0.2, -0.15) is 0 Å². The van der Waals surface area contributed by atoms with Crippen molar-refractivity contribution in [2.24, 2.45) is 0 Å². The highest BCUT2D eigenvalue weighted by molar-refractivity contribution is 6.11. The molecule has 0 spiro atoms. The standard InChI is InChI=1S/C54H43N5O/c1-54(2,3)38-29-41(57-36-56(39-19-9-5-10-20-39)35-52(57)37-17-7-4-8-18-37)31-43(30-38)60-42-27-28-46-44-23-13-16-26-49(44)59(50(46)32-42)53-33-51-47(34-55-53)45-24-14-15-25-48(45)58(51)40-21-11-6-12-22-40/h4-35H,36H2,1-3H3. The summed E-state index contributed by atoms with van der Waals surface area (Å²) in [6.07, 6.45) is 4.29. The van der Waals surface area contributed by atoms with Crippen molar-refractivity contribution in [2.45, 2.75) is 26.2 Å². The zero-order valence-corrected chi connectivity index (χ0v) is 33.8. The van der Waals surface area contributed by atoms with Crippen LogP contribution >= 0.6 is 0 Å². The van der Waals surface area contributed by atoms with E-state index in [2.05, 4.69) is 228 Å². The van der Waals surface area contributed by atoms with Gasteiger partial charge in [0.25, 0.3) is 0 Å². The SMILES string of the molecule is CC(C)(C)c1cc(Oc2ccc3c4ccccc4n(-c4cc5c(cn4)c4ccccc4n5-c4ccccc4)c3c2)cc(N2CN(c3ccccc3)C=C2c2ccccc2)c1. The molecule has 1 aliphatic rings. The largest absolute Gasteiger partial charge is 0.457 e. The molecule has 3 aromatic heterocycles. The topological polar surface area (TPSA) is 38.5 Å². The number of para-hydroxylation sites is 4. The summed E-state index contributed by atoms with van der Waals surface area (Å²) in [6, 6.07) is 64.3. The van der Waals surface area contributed by atoms with E-state index in [4.69, 9.17) is 9.72 Å². The Balaban J connectivity index is 1.04. The van der Waals surface area contributed by atoms with Gasteiger partial charge in [0.15, 0.2) is 0 Å². The summed E-state index contributed by atoms with van der Waals surface area (Å²) < 4.78 is 11.6. The molecule has 0 saturated heterocycles. The van der Waals surface area contributed by atoms with Crippen LogP contribution in [0.1, 0.15) is 31.9 Å². The Hall–Kier alpha value is -7.57. The first-order valence-electron chi connectivity index (χ1n) is 20.6. The highest BCUT2D eigenvalue weighted by Crippen LogP contribution is 2.41. The van der Waals surface area contributed by atoms with Crippen molar-refractivity contribution < 1.29 is 4.74 Å². The number of rotatable bonds is 7. The second kappa shape index (κ2) is 14.1. The second-order valence-corrected chi connectivity index (χ2v) is 16.6. The van der Waals surface area contributed by atoms with Crippen molar-refractivity contribution in [1.82, 2.24) is 14.1 Å². The van der Waals surface area contributed by atoms with Crippen LogP contribution in [0.5, 0.6) is 11.5 Å². The second-order valence-electron chi connectivity index (χ2n) is 16.6. The Labute approximate surface area is 349 Å². The van der Waals surface area contributed by atoms with E-state index in [0.717, 1.165) is 78.5 Å². The van der Waals surface area contributed by atoms with Crippen LogP contribution in [0.2, 0.25) is 0 Å². The van der Waals surface area contributed by atoms with Gasteiger partial charge in [0.1, 0.15) is 17.3 Å². The predicted molar refractivity (Wildman–Crippen MR) is 249 cm³/mol. The molecule has 0 radical (unpaired) electrons. The number of anilines is 2. The number of hydrogen-bond acceptors (Lipinski definition) is 4. The van der Waals surface area contributed by atoms with Crippen molar-refractivity contribution >= 4 is 60.7 Å². The van der Waals surface area contributed by atoms with E-state index < -0.39 is 0 Å². The number of hydrogen-bond donors (Lipinski definition) is 0. The van der Waals surface area contributed by atoms with Crippen LogP contribution < -0.4 is 14.5 Å². The number of aromatic nitrogens is 3. The minimum atomic E-state index is -0.119. The monoisotopic (exact) mass is 777 g/mol. The molecule has 0 fully saturated rings. The van der Waals surface area contributed by atoms with Crippen molar-refractivity contribution in [1.29, 1.82) is 0 Å². The number of nitrogens with zero attached hydrogens (tertiary/aromatic N) is 5. The summed E-state index contributed by atoms with van der Waals surface area (Å²) in [7, 11) is 0. The van der Waals surface area contributed by atoms with Crippen LogP contribution in [-0.2, 0) is 5.41 Å². The fraction of sp³-hybridized carbons (Fsp3) is 0.0926. The average molecular weight is 778 g/mol. The molecule has 0 bridgehead atoms. The number of ether oxygens (including phenoxy) is 1. The molecule has 6 nitrogen and oxygen atoms in total. The van der Waals surface area contributed by atoms with Gasteiger partial charge in [0, 0.05) is 69.2 Å². The van der Waals surface area contributed by atoms with Gasteiger partial charge in [-0.05, 0) is 77.2 Å². The van der Waals surface area contributed by atoms with E-state index in [-0.39, 0.29) is 5.41 Å². The van der Waals surface area contributed by atoms with Crippen LogP contribution in [-0.4, -0.2) is 20.8 Å². The molecule has 0 atom stereocenters. The fourth-order valence-corrected chi connectivity index (χ4v) is 8.78. The third kappa shape index (κ3) is 6.07. The molecule has 0 N–H and O–H groups in total. The highest BCUT2D eigenvalue weighted by Gasteiger charge is 2.27. The molecular weight excluding hydrogens is 735 g/mol. The smallest absolute Gasteiger partial charge is 0.139 e. The van der Waals surface area contributed by atoms with Gasteiger partial charge >= 0.3 is 0 Å². The first-order chi connectivity index (χ1) is 29.4. The molecular formula is C54H43N5O. The quantitative estimate of drug-likeness (QED) is 0.162. The summed E-state index contributed by atoms with van der Waals surface area (Å²) in [5.74, 6) is 2.39. The van der Waals surface area contributed by atoms with Crippen molar-refractivity contribution in [3.63, 3.8) is 0 Å². The fourth-order valence-electron chi connectivity index (χ4n) is 8.78. The van der Waals surface area contributed by atoms with E-state index in [1.807, 2.05) is 6.20 Å². The molecule has 60 heavy (non-hydrogen) atoms. The summed E-state index contributed by atoms with van der Waals surface area (Å²) in [5.41, 5.74) is 11.1. The summed E-state index contributed by atoms with van der Waals surface area (Å²) >= 11 is 0. The zero-order valence-electron chi connectivity index (χ0n) is 33.8. The Morgan fingerprint density at radius 2 is 1.08 bits per heavy atom. The normalized spacial score (nSPS) is 13.2. The minimum Gasteiger partial charge on any atom is -0.457 e. The number of benzene rings is 7. The van der Waals surface area contributed by atoms with Gasteiger partial charge in [-0.15, -0.1) is 0 Å². The molecule has 11 rings (SSSR count). The van der Waals surface area contributed by atoms with Crippen LogP contribution in [0, 0.1) is 0 Å². The maximum atomic E-state index is 6.95. The molecule has 290 valence electrons. The van der Waals surface area contributed by atoms with Crippen LogP contribution in [0.15, 0.2) is 194 Å². The third-order valence-electron chi connectivity index (χ3n) is 11.8. The first-order valence-corrected chi connectivity index (χ1v) is 20.6. The first kappa shape index (κ1) is 35.6. The maximum absolute atomic E-state index is 6.95. The van der Waals surface area contributed by atoms with E-state index in [9.17, 15) is 0 Å². The van der Waals surface area contributed by atoms with Crippen molar-refractivity contribution in [3.05, 3.63) is 206 Å². The molecule has 7 aromatic carbocycles. The minimum absolute atomic E-state index is 0.119. The zero-order chi connectivity index (χ0) is 40.4. The molecule has 4 heterocycles. The van der Waals surface area contributed by atoms with E-state index in [0.29, 0.717) is 6.67 Å². The van der Waals surface area contributed by atoms with Crippen LogP contribution in [0.4, 0.5) is 11.4 Å². The number of fused-ring (bicyclic) bond motifs is 6. The van der Waals surface area contributed by atoms with Crippen LogP contribution in [0.25, 0.3) is 60.8 Å². The molecule has 6 heteroatoms. The third-order valence-corrected chi connectivity index (χ3v) is 11.8. The van der Waals surface area contributed by atoms with Crippen LogP contribution in [0.3, 0.4) is 0 Å². The molecule has 10 aromatic rings. The van der Waals surface area contributed by atoms with Gasteiger partial charge in [-0.25, -0.2) is 4.98 Å². The lowest BCUT2D eigenvalue weighted by Crippen LogP contribution is -2.26. The summed E-state index contributed by atoms with van der Waals surface area (Å²) in [6.45, 7) is 7.45. The highest BCUT2D eigenvalue weighted by atomic mass is 16.5. The Kier molecular flexibility index (Phi) is 8.34. The average Bonchev–Trinajstić information content (AvgIpc) is 3.97. The van der Waals surface area contributed by atoms with E-state index in [1.165, 1.54) is 16.3 Å². The molecule has 0 amide bonds. The molecule has 1 aliphatic heterocycles. The lowest BCUT2D eigenvalue weighted by Gasteiger charge is -2.28. The Morgan fingerprint density at radius 1 is 0.483 bits per heavy atom. The molecule has 0 unspecified atom stereocenters.